The van der Waals surface area contributed by atoms with Crippen LogP contribution in [0.2, 0.25) is 0 Å². The molecule has 2 aliphatic rings. The van der Waals surface area contributed by atoms with Crippen LogP contribution in [0.3, 0.4) is 0 Å². The lowest BCUT2D eigenvalue weighted by Gasteiger charge is -1.97. The first-order valence-corrected chi connectivity index (χ1v) is 6.02. The van der Waals surface area contributed by atoms with Crippen molar-refractivity contribution in [3.05, 3.63) is 57.0 Å². The normalized spacial score (nSPS) is 15.9. The van der Waals surface area contributed by atoms with E-state index in [1.165, 1.54) is 0 Å². The summed E-state index contributed by atoms with van der Waals surface area (Å²) in [6.07, 6.45) is 2.06. The molecule has 0 unspecified atom stereocenters. The molecule has 0 amide bonds. The van der Waals surface area contributed by atoms with Crippen molar-refractivity contribution in [3.63, 3.8) is 0 Å². The second kappa shape index (κ2) is 4.02. The minimum absolute atomic E-state index is 0.294. The monoisotopic (exact) mass is 255 g/mol. The van der Waals surface area contributed by atoms with Crippen LogP contribution in [0.5, 0.6) is 17.2 Å². The fourth-order valence-corrected chi connectivity index (χ4v) is 2.20. The zero-order valence-electron chi connectivity index (χ0n) is 10.1. The molecule has 0 spiro atoms. The lowest BCUT2D eigenvalue weighted by molar-refractivity contribution is 0.174. The van der Waals surface area contributed by atoms with Crippen LogP contribution in [0.1, 0.15) is 5.56 Å². The van der Waals surface area contributed by atoms with Gasteiger partial charge in [0.2, 0.25) is 12.5 Å². The average molecular weight is 255 g/mol. The maximum absolute atomic E-state index is 5.36. The lowest BCUT2D eigenvalue weighted by atomic mass is 10.1. The van der Waals surface area contributed by atoms with E-state index in [4.69, 9.17) is 18.6 Å². The maximum Gasteiger partial charge on any atom is 0.412 e. The van der Waals surface area contributed by atoms with E-state index < -0.39 is 0 Å². The van der Waals surface area contributed by atoms with Gasteiger partial charge in [0.15, 0.2) is 11.5 Å². The number of hydrogen-bond acceptors (Lipinski definition) is 3. The van der Waals surface area contributed by atoms with Crippen LogP contribution in [0.25, 0.3) is 6.08 Å². The van der Waals surface area contributed by atoms with Gasteiger partial charge in [0, 0.05) is 6.07 Å². The lowest BCUT2D eigenvalue weighted by Crippen LogP contribution is -2.07. The largest absolute Gasteiger partial charge is 0.454 e. The molecule has 0 bridgehead atoms. The highest BCUT2D eigenvalue weighted by Crippen LogP contribution is 2.32. The first-order chi connectivity index (χ1) is 9.38. The Labute approximate surface area is 109 Å². The zero-order chi connectivity index (χ0) is 12.7. The SMILES string of the molecule is C(/c1ccc2c(c1)OCO2)=c1\ccc2c(c1)OC[O+]=2. The summed E-state index contributed by atoms with van der Waals surface area (Å²) in [7, 11) is 0. The first-order valence-electron chi connectivity index (χ1n) is 6.02. The van der Waals surface area contributed by atoms with Gasteiger partial charge in [-0.1, -0.05) is 6.07 Å². The fraction of sp³-hybridized carbons (Fsp3) is 0.133. The van der Waals surface area contributed by atoms with Crippen molar-refractivity contribution in [2.24, 2.45) is 0 Å². The number of rotatable bonds is 1. The molecule has 2 aromatic carbocycles. The van der Waals surface area contributed by atoms with Crippen LogP contribution in [0.4, 0.5) is 0 Å². The van der Waals surface area contributed by atoms with Crippen LogP contribution < -0.4 is 24.9 Å². The number of ether oxygens (including phenoxy) is 3. The summed E-state index contributed by atoms with van der Waals surface area (Å²) >= 11 is 0. The van der Waals surface area contributed by atoms with Crippen LogP contribution in [-0.2, 0) is 0 Å². The predicted octanol–water partition coefficient (Wildman–Crippen LogP) is 1.21. The Morgan fingerprint density at radius 3 is 2.84 bits per heavy atom. The fourth-order valence-electron chi connectivity index (χ4n) is 2.20. The summed E-state index contributed by atoms with van der Waals surface area (Å²) in [4.78, 5) is 0. The molecule has 4 rings (SSSR count). The zero-order valence-corrected chi connectivity index (χ0v) is 10.1. The molecule has 4 nitrogen and oxygen atoms in total. The minimum atomic E-state index is 0.294. The summed E-state index contributed by atoms with van der Waals surface area (Å²) in [6.45, 7) is 0.589. The number of fused-ring (bicyclic) bond motifs is 2. The molecule has 94 valence electrons. The Morgan fingerprint density at radius 2 is 1.84 bits per heavy atom. The van der Waals surface area contributed by atoms with Gasteiger partial charge >= 0.3 is 12.2 Å². The molecular weight excluding hydrogens is 244 g/mol. The third-order valence-electron chi connectivity index (χ3n) is 3.13. The van der Waals surface area contributed by atoms with Crippen LogP contribution in [-0.4, -0.2) is 13.6 Å². The molecule has 19 heavy (non-hydrogen) atoms. The Kier molecular flexibility index (Phi) is 2.21. The molecular formula is C15H11O4+. The standard InChI is InChI=1S/C15H11O4/c1-3-12-14(18-8-16-12)6-10(1)5-11-2-4-13-15(7-11)19-9-17-13/h1-7H,8-9H2/q+1. The molecule has 2 aromatic rings. The maximum atomic E-state index is 5.36. The van der Waals surface area contributed by atoms with Gasteiger partial charge in [-0.25, -0.2) is 4.42 Å². The summed E-state index contributed by atoms with van der Waals surface area (Å²) in [6, 6.07) is 11.8. The van der Waals surface area contributed by atoms with Crippen LogP contribution in [0.15, 0.2) is 40.8 Å². The van der Waals surface area contributed by atoms with E-state index in [0.29, 0.717) is 13.6 Å². The Bertz CT molecular complexity index is 764. The van der Waals surface area contributed by atoms with Crippen molar-refractivity contribution in [1.82, 2.24) is 0 Å². The van der Waals surface area contributed by atoms with Gasteiger partial charge in [-0.05, 0) is 41.1 Å². The minimum Gasteiger partial charge on any atom is -0.454 e. The van der Waals surface area contributed by atoms with E-state index in [1.807, 2.05) is 36.4 Å². The molecule has 0 radical (unpaired) electrons. The summed E-state index contributed by atoms with van der Waals surface area (Å²) < 4.78 is 21.3. The van der Waals surface area contributed by atoms with Crippen LogP contribution in [0, 0.1) is 0 Å². The van der Waals surface area contributed by atoms with Gasteiger partial charge in [-0.3, -0.25) is 0 Å². The van der Waals surface area contributed by atoms with E-state index >= 15 is 0 Å². The molecule has 0 N–H and O–H groups in total. The molecule has 0 aliphatic carbocycles. The number of hydrogen-bond donors (Lipinski definition) is 0. The number of benzene rings is 2. The summed E-state index contributed by atoms with van der Waals surface area (Å²) in [5, 5.41) is 1.06. The highest BCUT2D eigenvalue weighted by molar-refractivity contribution is 5.57. The van der Waals surface area contributed by atoms with Crippen molar-refractivity contribution in [1.29, 1.82) is 0 Å². The topological polar surface area (TPSA) is 39.0 Å². The van der Waals surface area contributed by atoms with Gasteiger partial charge in [0.25, 0.3) is 0 Å². The second-order valence-corrected chi connectivity index (χ2v) is 4.37. The van der Waals surface area contributed by atoms with E-state index in [-0.39, 0.29) is 0 Å². The van der Waals surface area contributed by atoms with Crippen molar-refractivity contribution in [3.8, 4) is 17.2 Å². The van der Waals surface area contributed by atoms with Gasteiger partial charge in [-0.15, -0.1) is 0 Å². The predicted molar refractivity (Wildman–Crippen MR) is 69.6 cm³/mol. The molecule has 0 aromatic heterocycles. The summed E-state index contributed by atoms with van der Waals surface area (Å²) in [5.74, 6) is 2.37. The molecule has 0 fully saturated rings. The average Bonchev–Trinajstić information content (AvgIpc) is 3.05. The Morgan fingerprint density at radius 1 is 0.895 bits per heavy atom. The van der Waals surface area contributed by atoms with Gasteiger partial charge in [0.1, 0.15) is 0 Å². The Hall–Kier alpha value is -2.49. The van der Waals surface area contributed by atoms with E-state index in [9.17, 15) is 0 Å². The van der Waals surface area contributed by atoms with E-state index in [1.54, 1.807) is 0 Å². The molecule has 4 heteroatoms. The smallest absolute Gasteiger partial charge is 0.412 e. The molecule has 0 saturated heterocycles. The van der Waals surface area contributed by atoms with Gasteiger partial charge in [-0.2, -0.15) is 0 Å². The van der Waals surface area contributed by atoms with Crippen molar-refractivity contribution >= 4 is 6.08 Å². The molecule has 0 atom stereocenters. The van der Waals surface area contributed by atoms with Crippen molar-refractivity contribution in [2.75, 3.05) is 13.6 Å². The van der Waals surface area contributed by atoms with Gasteiger partial charge < -0.3 is 14.2 Å². The van der Waals surface area contributed by atoms with Crippen molar-refractivity contribution < 1.29 is 14.2 Å². The quantitative estimate of drug-likeness (QED) is 0.719. The Balaban J connectivity index is 1.78. The third-order valence-corrected chi connectivity index (χ3v) is 3.13. The molecule has 0 saturated carbocycles. The highest BCUT2D eigenvalue weighted by Gasteiger charge is 2.15. The molecule has 2 aliphatic heterocycles. The van der Waals surface area contributed by atoms with E-state index in [2.05, 4.69) is 6.08 Å². The third kappa shape index (κ3) is 1.81. The molecule has 2 heterocycles. The highest BCUT2D eigenvalue weighted by atomic mass is 16.7. The second-order valence-electron chi connectivity index (χ2n) is 4.37. The first kappa shape index (κ1) is 10.4. The summed E-state index contributed by atoms with van der Waals surface area (Å²) in [5.41, 5.74) is 1.85. The van der Waals surface area contributed by atoms with Crippen LogP contribution >= 0.6 is 0 Å². The van der Waals surface area contributed by atoms with E-state index in [0.717, 1.165) is 33.5 Å². The van der Waals surface area contributed by atoms with Gasteiger partial charge in [0.05, 0.1) is 0 Å². The van der Waals surface area contributed by atoms with Crippen molar-refractivity contribution in [2.45, 2.75) is 0 Å².